The highest BCUT2D eigenvalue weighted by atomic mass is 35.5. The van der Waals surface area contributed by atoms with Crippen LogP contribution in [-0.2, 0) is 78.2 Å². The molecule has 0 aliphatic carbocycles. The van der Waals surface area contributed by atoms with E-state index in [2.05, 4.69) is 44.1 Å². The number of hydrogen-bond acceptors (Lipinski definition) is 32. The number of carbonyl (C=O) groups excluding carboxylic acids is 4. The van der Waals surface area contributed by atoms with Crippen molar-refractivity contribution in [3.8, 4) is 0 Å². The number of amidine groups is 4. The van der Waals surface area contributed by atoms with E-state index in [1.165, 1.54) is 108 Å². The molecule has 692 valence electrons. The number of hydrogen-bond donors (Lipinski definition) is 3. The Bertz CT molecular complexity index is 6380. The molecule has 8 atom stereocenters. The number of thiazole rings is 4. The molecule has 4 saturated heterocycles. The molecule has 12 heterocycles. The zero-order valence-corrected chi connectivity index (χ0v) is 78.1. The third kappa shape index (κ3) is 20.5. The van der Waals surface area contributed by atoms with Crippen LogP contribution in [0, 0.1) is 46.5 Å². The molecule has 130 heavy (non-hydrogen) atoms. The fraction of sp³-hybridized carbons (Fsp3) is 0.350. The number of ether oxygens (including phenoxy) is 4. The molecule has 0 radical (unpaired) electrons. The molecule has 2 unspecified atom stereocenters. The number of methoxy groups -OCH3 is 4. The first-order chi connectivity index (χ1) is 61.2. The van der Waals surface area contributed by atoms with E-state index < -0.39 is 164 Å². The van der Waals surface area contributed by atoms with Gasteiger partial charge in [-0.15, -0.1) is 45.3 Å². The van der Waals surface area contributed by atoms with Crippen LogP contribution in [0.15, 0.2) is 172 Å². The lowest BCUT2D eigenvalue weighted by atomic mass is 9.94. The van der Waals surface area contributed by atoms with E-state index in [-0.39, 0.29) is 100 Å². The van der Waals surface area contributed by atoms with Gasteiger partial charge in [-0.2, -0.15) is 4.31 Å². The summed E-state index contributed by atoms with van der Waals surface area (Å²) in [7, 11) is -7.97. The molecule has 0 amide bonds. The summed E-state index contributed by atoms with van der Waals surface area (Å²) in [6.07, 6.45) is 10.1. The third-order valence-electron chi connectivity index (χ3n) is 21.3. The Morgan fingerprint density at radius 2 is 0.708 bits per heavy atom. The Balaban J connectivity index is 0.000000148. The SMILES string of the molecule is COC(=O)C1=C2C[C@H](N(C)S(C)(=O)=O)CN2C(c2nccs2)=NC1c1ccc(F)cc1Cl.COC(=O)C1=C2C[C@H](NS(=O)(=O)C(C)(C)C)CN2C(c2nccs2)=N[C@H]1c1ccc(F)cc1Cl.COC(=O)C1=C2C[C@H](NS(C)(=O)=O)CN2C(c2nccs2)=NC1c1ccc(F)c(F)c1F.COC(=O)C1=C2C[C@H](NS(C)(=O)=O)CN2C(c2nccs2)=N[C@@H]1c1ccc(F)c(F)c1F. The van der Waals surface area contributed by atoms with E-state index in [4.69, 9.17) is 52.1 Å². The lowest BCUT2D eigenvalue weighted by Crippen LogP contribution is -2.46. The first-order valence-corrected chi connectivity index (χ1v) is 50.0. The molecule has 4 aromatic carbocycles. The Hall–Kier alpha value is -10.2. The van der Waals surface area contributed by atoms with Gasteiger partial charge in [0, 0.05) is 184 Å². The van der Waals surface area contributed by atoms with E-state index in [9.17, 15) is 88.0 Å². The van der Waals surface area contributed by atoms with E-state index >= 15 is 0 Å². The highest BCUT2D eigenvalue weighted by Gasteiger charge is 2.50. The molecule has 0 saturated carbocycles. The lowest BCUT2D eigenvalue weighted by Gasteiger charge is -2.31. The largest absolute Gasteiger partial charge is 0.466 e. The van der Waals surface area contributed by atoms with Crippen molar-refractivity contribution in [1.82, 2.24) is 58.0 Å². The fourth-order valence-electron chi connectivity index (χ4n) is 15.5. The predicted octanol–water partition coefficient (Wildman–Crippen LogP) is 10.7. The molecule has 8 aliphatic rings. The van der Waals surface area contributed by atoms with Crippen LogP contribution >= 0.6 is 68.5 Å². The number of nitrogens with zero attached hydrogens (tertiary/aromatic N) is 13. The summed E-state index contributed by atoms with van der Waals surface area (Å²) in [5, 5.41) is 9.28. The Labute approximate surface area is 766 Å². The first-order valence-electron chi connectivity index (χ1n) is 38.6. The van der Waals surface area contributed by atoms with Gasteiger partial charge in [0.2, 0.25) is 40.1 Å². The molecule has 4 aromatic heterocycles. The Morgan fingerprint density at radius 1 is 0.423 bits per heavy atom. The van der Waals surface area contributed by atoms with Crippen molar-refractivity contribution in [3.05, 3.63) is 251 Å². The zero-order chi connectivity index (χ0) is 94.5. The monoisotopic (exact) mass is 2000 g/mol. The van der Waals surface area contributed by atoms with Gasteiger partial charge in [0.05, 0.1) is 74.2 Å². The number of carbonyl (C=O) groups is 4. The van der Waals surface area contributed by atoms with Crippen molar-refractivity contribution < 1.29 is 107 Å². The standard InChI is InChI=1S/C22H24ClFN4O4S2.C20H20ClFN4O4S2.2C19H17F3N4O4S2/c1-22(2,3)34(30,31)27-13-10-16-17(21(29)32-4)18(14-6-5-12(24)9-15(14)23)26-19(28(16)11-13)20-25-7-8-33-20;1-25(32(3,28)29)12-9-15-16(20(27)30-2)17(13-5-4-11(22)8-14(13)21)24-18(26(15)10-12)19-23-6-7-31-19;2*1-30-19(27)13-12-7-9(25-32(2,28)29)8-26(12)17(18-23-5-6-31-18)24-16(13)10-3-4-11(20)15(22)14(10)21/h5-9,13,18,27H,10-11H2,1-4H3;4-8,12,17H,9-10H2,1-3H3;2*3-6,9,16,25H,7-8H2,1-2H3/t13-,18-;12-,17?;9-,16?;9-,16+/m0000/s1. The molecule has 16 rings (SSSR count). The van der Waals surface area contributed by atoms with Crippen molar-refractivity contribution in [3.63, 3.8) is 0 Å². The second-order valence-electron chi connectivity index (χ2n) is 30.8. The highest BCUT2D eigenvalue weighted by molar-refractivity contribution is 7.91. The van der Waals surface area contributed by atoms with Crippen molar-refractivity contribution in [1.29, 1.82) is 0 Å². The summed E-state index contributed by atoms with van der Waals surface area (Å²) in [6.45, 7) is 5.67. The van der Waals surface area contributed by atoms with Crippen LogP contribution in [-0.4, -0.2) is 234 Å². The van der Waals surface area contributed by atoms with Crippen LogP contribution in [0.2, 0.25) is 10.0 Å². The summed E-state index contributed by atoms with van der Waals surface area (Å²) >= 11 is 17.9. The summed E-state index contributed by atoms with van der Waals surface area (Å²) in [6, 6.07) is 4.75. The maximum absolute atomic E-state index is 14.7. The van der Waals surface area contributed by atoms with E-state index in [0.717, 1.165) is 69.4 Å². The first kappa shape index (κ1) is 97.3. The minimum atomic E-state index is -3.65. The quantitative estimate of drug-likeness (QED) is 0.0276. The smallest absolute Gasteiger partial charge is 0.338 e. The Morgan fingerprint density at radius 3 is 0.977 bits per heavy atom. The fourth-order valence-corrected chi connectivity index (χ4v) is 21.7. The Kier molecular flexibility index (Phi) is 29.1. The molecular weight excluding hydrogens is 1920 g/mol. The van der Waals surface area contributed by atoms with Crippen LogP contribution in [0.1, 0.15) is 113 Å². The molecule has 4 fully saturated rings. The third-order valence-corrected chi connectivity index (χ3v) is 30.1. The topological polar surface area (TPSA) is 395 Å². The molecule has 8 aromatic rings. The predicted molar refractivity (Wildman–Crippen MR) is 468 cm³/mol. The molecule has 8 aliphatic heterocycles. The number of sulfonamides is 4. The van der Waals surface area contributed by atoms with Gasteiger partial charge in [-0.25, -0.2) is 122 Å². The number of nitrogens with one attached hydrogen (secondary N) is 3. The maximum Gasteiger partial charge on any atom is 0.338 e. The van der Waals surface area contributed by atoms with Crippen LogP contribution in [0.25, 0.3) is 0 Å². The number of aromatic nitrogens is 4. The average molecular weight is 2000 g/mol. The number of benzene rings is 4. The highest BCUT2D eigenvalue weighted by Crippen LogP contribution is 2.49. The lowest BCUT2D eigenvalue weighted by molar-refractivity contribution is -0.137. The van der Waals surface area contributed by atoms with Crippen LogP contribution in [0.4, 0.5) is 35.1 Å². The van der Waals surface area contributed by atoms with Gasteiger partial charge in [-0.05, 0) is 57.2 Å². The normalized spacial score (nSPS) is 20.9. The number of aliphatic imine (C=N–C) groups is 4. The van der Waals surface area contributed by atoms with Crippen LogP contribution in [0.3, 0.4) is 0 Å². The van der Waals surface area contributed by atoms with Gasteiger partial charge in [0.15, 0.2) is 78.3 Å². The summed E-state index contributed by atoms with van der Waals surface area (Å²) in [5.74, 6) is -11.5. The number of halogens is 10. The summed E-state index contributed by atoms with van der Waals surface area (Å²) in [4.78, 5) is 93.9. The number of esters is 4. The molecule has 32 nitrogen and oxygen atoms in total. The van der Waals surface area contributed by atoms with Crippen molar-refractivity contribution in [2.75, 3.05) is 80.4 Å². The minimum absolute atomic E-state index is 0.0731. The molecule has 0 spiro atoms. The van der Waals surface area contributed by atoms with Gasteiger partial charge in [-0.3, -0.25) is 20.0 Å². The summed E-state index contributed by atoms with van der Waals surface area (Å²) < 4.78 is 237. The van der Waals surface area contributed by atoms with Gasteiger partial charge in [-0.1, -0.05) is 47.5 Å². The molecule has 0 bridgehead atoms. The van der Waals surface area contributed by atoms with E-state index in [1.54, 1.807) is 69.4 Å². The molecule has 3 N–H and O–H groups in total. The number of likely N-dealkylation sites (N-methyl/N-ethyl adjacent to an activating group) is 1. The number of fused-ring (bicyclic) bond motifs is 4. The van der Waals surface area contributed by atoms with Crippen molar-refractivity contribution in [2.45, 2.75) is 99.5 Å². The van der Waals surface area contributed by atoms with E-state index in [0.29, 0.717) is 72.2 Å². The molecular formula is C80H78Cl2F8N16O16S8. The molecule has 50 heteroatoms. The minimum Gasteiger partial charge on any atom is -0.466 e. The average Bonchev–Trinajstić information content (AvgIpc) is 1.71. The summed E-state index contributed by atoms with van der Waals surface area (Å²) in [5.41, 5.74) is 2.29. The van der Waals surface area contributed by atoms with Gasteiger partial charge < -0.3 is 38.5 Å². The second-order valence-corrected chi connectivity index (χ2v) is 43.3. The van der Waals surface area contributed by atoms with Gasteiger partial charge in [0.1, 0.15) is 35.8 Å². The zero-order valence-electron chi connectivity index (χ0n) is 70.1. The van der Waals surface area contributed by atoms with Crippen LogP contribution < -0.4 is 14.2 Å². The van der Waals surface area contributed by atoms with Gasteiger partial charge >= 0.3 is 23.9 Å². The van der Waals surface area contributed by atoms with Crippen molar-refractivity contribution >= 4 is 156 Å². The maximum atomic E-state index is 14.7. The van der Waals surface area contributed by atoms with Crippen molar-refractivity contribution in [2.24, 2.45) is 20.0 Å². The second kappa shape index (κ2) is 38.9. The number of rotatable bonds is 20. The van der Waals surface area contributed by atoms with Gasteiger partial charge in [0.25, 0.3) is 0 Å². The van der Waals surface area contributed by atoms with E-state index in [1.807, 2.05) is 4.90 Å². The van der Waals surface area contributed by atoms with Crippen LogP contribution in [0.5, 0.6) is 0 Å².